The second-order valence-electron chi connectivity index (χ2n) is 4.84. The number of ketones is 1. The molecule has 2 rings (SSSR count). The van der Waals surface area contributed by atoms with Crippen molar-refractivity contribution in [2.24, 2.45) is 5.92 Å². The van der Waals surface area contributed by atoms with Crippen molar-refractivity contribution in [3.05, 3.63) is 29.8 Å². The zero-order chi connectivity index (χ0) is 14.8. The van der Waals surface area contributed by atoms with Gasteiger partial charge in [0.15, 0.2) is 15.6 Å². The number of hydrogen-bond donors (Lipinski definition) is 0. The molecule has 20 heavy (non-hydrogen) atoms. The van der Waals surface area contributed by atoms with Crippen molar-refractivity contribution in [3.8, 4) is 11.8 Å². The highest BCUT2D eigenvalue weighted by atomic mass is 32.2. The van der Waals surface area contributed by atoms with Gasteiger partial charge >= 0.3 is 0 Å². The quantitative estimate of drug-likeness (QED) is 0.835. The van der Waals surface area contributed by atoms with E-state index in [1.165, 1.54) is 7.11 Å². The molecule has 5 nitrogen and oxygen atoms in total. The Kier molecular flexibility index (Phi) is 4.09. The summed E-state index contributed by atoms with van der Waals surface area (Å²) in [7, 11) is -1.63. The van der Waals surface area contributed by atoms with E-state index in [0.717, 1.165) is 0 Å². The van der Waals surface area contributed by atoms with Gasteiger partial charge in [0.05, 0.1) is 24.7 Å². The van der Waals surface area contributed by atoms with Crippen LogP contribution in [-0.2, 0) is 14.6 Å². The Morgan fingerprint density at radius 3 is 2.80 bits per heavy atom. The smallest absolute Gasteiger partial charge is 0.158 e. The highest BCUT2D eigenvalue weighted by molar-refractivity contribution is 7.91. The van der Waals surface area contributed by atoms with Crippen molar-refractivity contribution in [3.63, 3.8) is 0 Å². The molecule has 0 bridgehead atoms. The van der Waals surface area contributed by atoms with Crippen molar-refractivity contribution < 1.29 is 17.9 Å². The normalized spacial score (nSPS) is 21.9. The Bertz CT molecular complexity index is 660. The summed E-state index contributed by atoms with van der Waals surface area (Å²) < 4.78 is 27.9. The lowest BCUT2D eigenvalue weighted by atomic mass is 9.88. The second-order valence-corrected chi connectivity index (χ2v) is 7.07. The van der Waals surface area contributed by atoms with Crippen molar-refractivity contribution in [1.82, 2.24) is 0 Å². The summed E-state index contributed by atoms with van der Waals surface area (Å²) in [4.78, 5) is 12.3. The number of nitriles is 1. The van der Waals surface area contributed by atoms with E-state index < -0.39 is 21.7 Å². The molecule has 1 aromatic carbocycles. The lowest BCUT2D eigenvalue weighted by Crippen LogP contribution is -2.22. The molecule has 1 aliphatic heterocycles. The van der Waals surface area contributed by atoms with E-state index in [1.54, 1.807) is 24.3 Å². The van der Waals surface area contributed by atoms with Crippen LogP contribution in [0.15, 0.2) is 24.3 Å². The van der Waals surface area contributed by atoms with E-state index in [9.17, 15) is 18.5 Å². The van der Waals surface area contributed by atoms with Crippen LogP contribution in [0.2, 0.25) is 0 Å². The summed E-state index contributed by atoms with van der Waals surface area (Å²) in [6, 6.07) is 8.72. The third kappa shape index (κ3) is 2.99. The molecule has 1 aromatic rings. The largest absolute Gasteiger partial charge is 0.497 e. The molecule has 0 saturated carbocycles. The number of ether oxygens (including phenoxy) is 1. The number of carbonyl (C=O) groups is 1. The number of benzene rings is 1. The van der Waals surface area contributed by atoms with Gasteiger partial charge in [-0.25, -0.2) is 8.42 Å². The van der Waals surface area contributed by atoms with E-state index in [2.05, 4.69) is 0 Å². The van der Waals surface area contributed by atoms with Crippen LogP contribution in [0.3, 0.4) is 0 Å². The summed E-state index contributed by atoms with van der Waals surface area (Å²) >= 11 is 0. The van der Waals surface area contributed by atoms with E-state index in [-0.39, 0.29) is 17.3 Å². The molecule has 0 radical (unpaired) electrons. The Labute approximate surface area is 118 Å². The zero-order valence-electron chi connectivity index (χ0n) is 11.1. The van der Waals surface area contributed by atoms with Gasteiger partial charge in [-0.2, -0.15) is 5.26 Å². The Balaban J connectivity index is 2.24. The summed E-state index contributed by atoms with van der Waals surface area (Å²) in [5, 5.41) is 9.24. The van der Waals surface area contributed by atoms with Crippen LogP contribution in [0, 0.1) is 17.2 Å². The maximum absolute atomic E-state index is 12.3. The minimum Gasteiger partial charge on any atom is -0.497 e. The lowest BCUT2D eigenvalue weighted by molar-refractivity contribution is -0.122. The molecule has 2 unspecified atom stereocenters. The maximum Gasteiger partial charge on any atom is 0.158 e. The molecular weight excluding hydrogens is 278 g/mol. The molecule has 1 saturated heterocycles. The van der Waals surface area contributed by atoms with Crippen molar-refractivity contribution >= 4 is 15.6 Å². The number of rotatable bonds is 4. The first-order valence-electron chi connectivity index (χ1n) is 6.24. The fourth-order valence-electron chi connectivity index (χ4n) is 2.38. The van der Waals surface area contributed by atoms with Crippen LogP contribution in [0.25, 0.3) is 0 Å². The first-order valence-corrected chi connectivity index (χ1v) is 8.06. The fourth-order valence-corrected chi connectivity index (χ4v) is 4.13. The van der Waals surface area contributed by atoms with Crippen LogP contribution in [0.1, 0.15) is 17.9 Å². The number of sulfone groups is 1. The van der Waals surface area contributed by atoms with Gasteiger partial charge in [0, 0.05) is 5.92 Å². The molecule has 0 amide bonds. The number of methoxy groups -OCH3 is 1. The van der Waals surface area contributed by atoms with Crippen molar-refractivity contribution in [2.75, 3.05) is 18.6 Å². The molecule has 1 heterocycles. The first kappa shape index (κ1) is 14.5. The van der Waals surface area contributed by atoms with Gasteiger partial charge in [-0.3, -0.25) is 4.79 Å². The summed E-state index contributed by atoms with van der Waals surface area (Å²) in [5.41, 5.74) is 0.543. The van der Waals surface area contributed by atoms with E-state index >= 15 is 0 Å². The average Bonchev–Trinajstić information content (AvgIpc) is 2.80. The Morgan fingerprint density at radius 1 is 1.50 bits per heavy atom. The van der Waals surface area contributed by atoms with Crippen LogP contribution < -0.4 is 4.74 Å². The fraction of sp³-hybridized carbons (Fsp3) is 0.429. The summed E-state index contributed by atoms with van der Waals surface area (Å²) in [6.07, 6.45) is 0.309. The second kappa shape index (κ2) is 5.63. The highest BCUT2D eigenvalue weighted by Crippen LogP contribution is 2.28. The molecular formula is C14H15NO4S. The third-order valence-corrected chi connectivity index (χ3v) is 5.24. The van der Waals surface area contributed by atoms with Gasteiger partial charge in [-0.1, -0.05) is 12.1 Å². The Morgan fingerprint density at radius 2 is 2.25 bits per heavy atom. The molecule has 0 aliphatic carbocycles. The van der Waals surface area contributed by atoms with Crippen LogP contribution in [-0.4, -0.2) is 32.8 Å². The zero-order valence-corrected chi connectivity index (χ0v) is 11.9. The van der Waals surface area contributed by atoms with E-state index in [0.29, 0.717) is 17.7 Å². The highest BCUT2D eigenvalue weighted by Gasteiger charge is 2.36. The van der Waals surface area contributed by atoms with E-state index in [4.69, 9.17) is 4.74 Å². The molecule has 0 spiro atoms. The monoisotopic (exact) mass is 293 g/mol. The van der Waals surface area contributed by atoms with Crippen LogP contribution in [0.5, 0.6) is 5.75 Å². The average molecular weight is 293 g/mol. The summed E-state index contributed by atoms with van der Waals surface area (Å²) in [5.74, 6) is -1.39. The van der Waals surface area contributed by atoms with Gasteiger partial charge < -0.3 is 4.74 Å². The minimum atomic E-state index is -3.13. The van der Waals surface area contributed by atoms with Gasteiger partial charge in [-0.05, 0) is 24.1 Å². The van der Waals surface area contributed by atoms with Crippen molar-refractivity contribution in [1.29, 1.82) is 5.26 Å². The molecule has 106 valence electrons. The molecule has 1 fully saturated rings. The SMILES string of the molecule is COc1cccc(C(C#N)C(=O)C2CCS(=O)(=O)C2)c1. The molecule has 0 N–H and O–H groups in total. The number of nitrogens with zero attached hydrogens (tertiary/aromatic N) is 1. The van der Waals surface area contributed by atoms with Gasteiger partial charge in [0.25, 0.3) is 0 Å². The number of hydrogen-bond acceptors (Lipinski definition) is 5. The van der Waals surface area contributed by atoms with E-state index in [1.807, 2.05) is 6.07 Å². The van der Waals surface area contributed by atoms with Crippen LogP contribution >= 0.6 is 0 Å². The van der Waals surface area contributed by atoms with Crippen molar-refractivity contribution in [2.45, 2.75) is 12.3 Å². The lowest BCUT2D eigenvalue weighted by Gasteiger charge is -2.13. The number of Topliss-reactive ketones (excluding diaryl/α,β-unsaturated/α-hetero) is 1. The summed E-state index contributed by atoms with van der Waals surface area (Å²) in [6.45, 7) is 0. The standard InChI is InChI=1S/C14H15NO4S/c1-19-12-4-2-3-10(7-12)13(8-15)14(16)11-5-6-20(17,18)9-11/h2-4,7,11,13H,5-6,9H2,1H3. The molecule has 1 aliphatic rings. The number of carbonyl (C=O) groups excluding carboxylic acids is 1. The Hall–Kier alpha value is -1.87. The van der Waals surface area contributed by atoms with Gasteiger partial charge in [-0.15, -0.1) is 0 Å². The molecule has 0 aromatic heterocycles. The van der Waals surface area contributed by atoms with Gasteiger partial charge in [0.1, 0.15) is 11.7 Å². The minimum absolute atomic E-state index is 0.0274. The first-order chi connectivity index (χ1) is 9.46. The van der Waals surface area contributed by atoms with Gasteiger partial charge in [0.2, 0.25) is 0 Å². The van der Waals surface area contributed by atoms with Crippen LogP contribution in [0.4, 0.5) is 0 Å². The predicted octanol–water partition coefficient (Wildman–Crippen LogP) is 1.31. The topological polar surface area (TPSA) is 84.2 Å². The molecule has 2 atom stereocenters. The molecule has 6 heteroatoms. The maximum atomic E-state index is 12.3. The third-order valence-electron chi connectivity index (χ3n) is 3.48. The predicted molar refractivity (Wildman–Crippen MR) is 73.1 cm³/mol.